The molecule has 41 heavy (non-hydrogen) atoms. The number of rotatable bonds is 9. The summed E-state index contributed by atoms with van der Waals surface area (Å²) >= 11 is 0. The van der Waals surface area contributed by atoms with E-state index in [0.717, 1.165) is 55.9 Å². The molecule has 3 aliphatic rings. The molecule has 0 radical (unpaired) electrons. The van der Waals surface area contributed by atoms with E-state index in [4.69, 9.17) is 0 Å². The standard InChI is InChI=1S/C32H41N7O2/c1-5-28(40)37-14-12-32(13-15-37)19-38(20-32)27(16-23-6-7-23)25-10-8-24(9-11-25)22(4)35-30-33-17-26-18-34-31(41)39(21(2)3)29(26)36-30/h5,8-11,17-18,21-23,27H,1,6-7,12-16,19-20H2,2-4H3,(H,33,35,36)/t22-,27?/m0/s1. The zero-order chi connectivity index (χ0) is 28.7. The third-order valence-electron chi connectivity index (χ3n) is 9.31. The van der Waals surface area contributed by atoms with Crippen LogP contribution in [0.1, 0.15) is 82.1 Å². The van der Waals surface area contributed by atoms with Crippen LogP contribution in [0.5, 0.6) is 0 Å². The van der Waals surface area contributed by atoms with Crippen molar-refractivity contribution in [3.8, 4) is 0 Å². The van der Waals surface area contributed by atoms with Crippen molar-refractivity contribution in [1.29, 1.82) is 0 Å². The van der Waals surface area contributed by atoms with Gasteiger partial charge in [0.2, 0.25) is 11.9 Å². The molecule has 1 N–H and O–H groups in total. The lowest BCUT2D eigenvalue weighted by Crippen LogP contribution is -2.61. The van der Waals surface area contributed by atoms with Crippen LogP contribution in [-0.2, 0) is 4.79 Å². The lowest BCUT2D eigenvalue weighted by Gasteiger charge is -2.56. The minimum Gasteiger partial charge on any atom is -0.348 e. The summed E-state index contributed by atoms with van der Waals surface area (Å²) in [4.78, 5) is 42.1. The fourth-order valence-corrected chi connectivity index (χ4v) is 6.61. The van der Waals surface area contributed by atoms with Crippen molar-refractivity contribution < 1.29 is 4.79 Å². The molecule has 3 aromatic rings. The molecule has 216 valence electrons. The summed E-state index contributed by atoms with van der Waals surface area (Å²) < 4.78 is 1.60. The number of fused-ring (bicyclic) bond motifs is 1. The van der Waals surface area contributed by atoms with Crippen LogP contribution in [0.4, 0.5) is 5.95 Å². The molecule has 1 spiro atoms. The number of nitrogens with zero attached hydrogens (tertiary/aromatic N) is 6. The third kappa shape index (κ3) is 5.64. The Morgan fingerprint density at radius 1 is 1.07 bits per heavy atom. The number of piperidine rings is 1. The molecule has 1 aromatic carbocycles. The van der Waals surface area contributed by atoms with Crippen LogP contribution in [0, 0.1) is 11.3 Å². The van der Waals surface area contributed by atoms with E-state index in [2.05, 4.69) is 62.9 Å². The summed E-state index contributed by atoms with van der Waals surface area (Å²) in [6.45, 7) is 13.6. The van der Waals surface area contributed by atoms with Crippen LogP contribution >= 0.6 is 0 Å². The first kappa shape index (κ1) is 27.6. The smallest absolute Gasteiger partial charge is 0.348 e. The van der Waals surface area contributed by atoms with E-state index in [1.54, 1.807) is 10.8 Å². The number of likely N-dealkylation sites (tertiary alicyclic amines) is 2. The molecule has 0 bridgehead atoms. The van der Waals surface area contributed by atoms with Gasteiger partial charge in [0.25, 0.3) is 0 Å². The number of carbonyl (C=O) groups is 1. The molecule has 1 amide bonds. The number of aromatic nitrogens is 4. The van der Waals surface area contributed by atoms with Crippen molar-refractivity contribution in [3.05, 3.63) is 70.9 Å². The van der Waals surface area contributed by atoms with Gasteiger partial charge in [0, 0.05) is 50.7 Å². The maximum atomic E-state index is 12.3. The van der Waals surface area contributed by atoms with Gasteiger partial charge in [-0.15, -0.1) is 0 Å². The molecule has 2 atom stereocenters. The van der Waals surface area contributed by atoms with Crippen molar-refractivity contribution >= 4 is 22.9 Å². The molecular formula is C32H41N7O2. The highest BCUT2D eigenvalue weighted by atomic mass is 16.2. The van der Waals surface area contributed by atoms with Crippen molar-refractivity contribution in [2.75, 3.05) is 31.5 Å². The Kier molecular flexibility index (Phi) is 7.40. The predicted molar refractivity (Wildman–Crippen MR) is 161 cm³/mol. The lowest BCUT2D eigenvalue weighted by molar-refractivity contribution is -0.132. The largest absolute Gasteiger partial charge is 0.349 e. The van der Waals surface area contributed by atoms with Crippen LogP contribution in [0.25, 0.3) is 11.0 Å². The Hall–Kier alpha value is -3.59. The fraction of sp³-hybridized carbons (Fsp3) is 0.531. The number of nitrogens with one attached hydrogen (secondary N) is 1. The number of hydrogen-bond acceptors (Lipinski definition) is 7. The highest BCUT2D eigenvalue weighted by Gasteiger charge is 2.48. The zero-order valence-corrected chi connectivity index (χ0v) is 24.4. The van der Waals surface area contributed by atoms with Gasteiger partial charge in [-0.2, -0.15) is 4.98 Å². The van der Waals surface area contributed by atoms with Crippen LogP contribution < -0.4 is 11.0 Å². The van der Waals surface area contributed by atoms with Gasteiger partial charge >= 0.3 is 5.69 Å². The second-order valence-corrected chi connectivity index (χ2v) is 12.6. The van der Waals surface area contributed by atoms with Gasteiger partial charge in [0.05, 0.1) is 11.4 Å². The van der Waals surface area contributed by atoms with Gasteiger partial charge in [-0.3, -0.25) is 14.3 Å². The first-order valence-electron chi connectivity index (χ1n) is 15.0. The molecule has 2 aromatic heterocycles. The summed E-state index contributed by atoms with van der Waals surface area (Å²) in [5, 5.41) is 4.17. The number of anilines is 1. The van der Waals surface area contributed by atoms with Crippen molar-refractivity contribution in [2.45, 2.75) is 71.0 Å². The molecule has 3 fully saturated rings. The molecular weight excluding hydrogens is 514 g/mol. The van der Waals surface area contributed by atoms with Gasteiger partial charge in [-0.25, -0.2) is 14.8 Å². The monoisotopic (exact) mass is 555 g/mol. The Balaban J connectivity index is 1.13. The summed E-state index contributed by atoms with van der Waals surface area (Å²) in [6, 6.07) is 9.42. The summed E-state index contributed by atoms with van der Waals surface area (Å²) in [5.41, 5.74) is 3.20. The van der Waals surface area contributed by atoms with Gasteiger partial charge in [0.15, 0.2) is 5.65 Å². The Labute approximate surface area is 241 Å². The van der Waals surface area contributed by atoms with Crippen LogP contribution in [0.3, 0.4) is 0 Å². The zero-order valence-electron chi connectivity index (χ0n) is 24.4. The summed E-state index contributed by atoms with van der Waals surface area (Å²) in [6.07, 6.45) is 10.8. The Morgan fingerprint density at radius 2 is 1.73 bits per heavy atom. The number of benzene rings is 1. The number of amides is 1. The van der Waals surface area contributed by atoms with Crippen molar-refractivity contribution in [1.82, 2.24) is 29.3 Å². The minimum absolute atomic E-state index is 0.000167. The van der Waals surface area contributed by atoms with Crippen LogP contribution in [0.15, 0.2) is 54.1 Å². The van der Waals surface area contributed by atoms with Crippen molar-refractivity contribution in [2.24, 2.45) is 11.3 Å². The number of hydrogen-bond donors (Lipinski definition) is 1. The first-order valence-corrected chi connectivity index (χ1v) is 15.0. The molecule has 4 heterocycles. The molecule has 2 aliphatic heterocycles. The fourth-order valence-electron chi connectivity index (χ4n) is 6.61. The van der Waals surface area contributed by atoms with Gasteiger partial charge < -0.3 is 10.2 Å². The predicted octanol–water partition coefficient (Wildman–Crippen LogP) is 4.89. The van der Waals surface area contributed by atoms with E-state index in [1.165, 1.54) is 37.1 Å². The Bertz CT molecular complexity index is 1480. The molecule has 1 unspecified atom stereocenters. The van der Waals surface area contributed by atoms with Gasteiger partial charge in [-0.1, -0.05) is 43.7 Å². The second kappa shape index (κ2) is 11.0. The van der Waals surface area contributed by atoms with E-state index >= 15 is 0 Å². The van der Waals surface area contributed by atoms with Crippen LogP contribution in [0.2, 0.25) is 0 Å². The maximum Gasteiger partial charge on any atom is 0.349 e. The summed E-state index contributed by atoms with van der Waals surface area (Å²) in [7, 11) is 0. The highest BCUT2D eigenvalue weighted by Crippen LogP contribution is 2.48. The third-order valence-corrected chi connectivity index (χ3v) is 9.31. The van der Waals surface area contributed by atoms with Crippen LogP contribution in [-0.4, -0.2) is 61.4 Å². The summed E-state index contributed by atoms with van der Waals surface area (Å²) in [5.74, 6) is 1.39. The van der Waals surface area contributed by atoms with E-state index in [9.17, 15) is 9.59 Å². The number of carbonyl (C=O) groups excluding carboxylic acids is 1. The van der Waals surface area contributed by atoms with Crippen molar-refractivity contribution in [3.63, 3.8) is 0 Å². The van der Waals surface area contributed by atoms with Gasteiger partial charge in [-0.05, 0) is 68.6 Å². The molecule has 1 saturated carbocycles. The SMILES string of the molecule is C=CC(=O)N1CCC2(CC1)CN(C(CC1CC1)c1ccc([C@H](C)Nc3ncc4cnc(=O)n(C(C)C)c4n3)cc1)C2. The molecule has 1 aliphatic carbocycles. The average molecular weight is 556 g/mol. The molecule has 9 heteroatoms. The highest BCUT2D eigenvalue weighted by molar-refractivity contribution is 5.87. The van der Waals surface area contributed by atoms with E-state index in [1.807, 2.05) is 18.7 Å². The minimum atomic E-state index is -0.303. The topological polar surface area (TPSA) is 96.3 Å². The maximum absolute atomic E-state index is 12.3. The van der Waals surface area contributed by atoms with E-state index < -0.39 is 0 Å². The Morgan fingerprint density at radius 3 is 2.37 bits per heavy atom. The molecule has 2 saturated heterocycles. The van der Waals surface area contributed by atoms with E-state index in [-0.39, 0.29) is 23.7 Å². The average Bonchev–Trinajstić information content (AvgIpc) is 3.78. The van der Waals surface area contributed by atoms with Gasteiger partial charge in [0.1, 0.15) is 0 Å². The van der Waals surface area contributed by atoms with E-state index in [0.29, 0.717) is 23.1 Å². The molecule has 9 nitrogen and oxygen atoms in total. The lowest BCUT2D eigenvalue weighted by atomic mass is 9.70. The first-order chi connectivity index (χ1) is 19.7. The quantitative estimate of drug-likeness (QED) is 0.376. The normalized spacial score (nSPS) is 20.1. The molecule has 6 rings (SSSR count). The second-order valence-electron chi connectivity index (χ2n) is 12.6.